The smallest absolute Gasteiger partial charge is 0.258 e. The highest BCUT2D eigenvalue weighted by molar-refractivity contribution is 6.00. The Bertz CT molecular complexity index is 1430. The molecular weight excluding hydrogens is 582 g/mol. The van der Waals surface area contributed by atoms with Crippen LogP contribution >= 0.6 is 0 Å². The molecular formula is C37H47N3O6. The summed E-state index contributed by atoms with van der Waals surface area (Å²) in [7, 11) is 1.76. The van der Waals surface area contributed by atoms with Crippen molar-refractivity contribution in [2.45, 2.75) is 64.7 Å². The number of fused-ring (bicyclic) bond motifs is 1. The molecule has 2 N–H and O–H groups in total. The Morgan fingerprint density at radius 2 is 1.72 bits per heavy atom. The van der Waals surface area contributed by atoms with Crippen molar-refractivity contribution in [2.75, 3.05) is 38.7 Å². The summed E-state index contributed by atoms with van der Waals surface area (Å²) in [6.07, 6.45) is 2.14. The number of carbonyl (C=O) groups excluding carboxylic acids is 3. The van der Waals surface area contributed by atoms with E-state index in [2.05, 4.69) is 5.32 Å². The molecule has 0 spiro atoms. The van der Waals surface area contributed by atoms with Gasteiger partial charge in [0, 0.05) is 43.9 Å². The lowest BCUT2D eigenvalue weighted by atomic mass is 10.0. The number of nitrogens with zero attached hydrogens (tertiary/aromatic N) is 2. The molecule has 1 aliphatic heterocycles. The predicted molar refractivity (Wildman–Crippen MR) is 179 cm³/mol. The highest BCUT2D eigenvalue weighted by Crippen LogP contribution is 2.28. The van der Waals surface area contributed by atoms with Crippen LogP contribution in [0, 0.1) is 5.92 Å². The van der Waals surface area contributed by atoms with Gasteiger partial charge in [-0.25, -0.2) is 0 Å². The predicted octanol–water partition coefficient (Wildman–Crippen LogP) is 5.44. The second kappa shape index (κ2) is 16.9. The van der Waals surface area contributed by atoms with Crippen LogP contribution in [0.1, 0.15) is 66.3 Å². The quantitative estimate of drug-likeness (QED) is 0.344. The summed E-state index contributed by atoms with van der Waals surface area (Å²) in [6.45, 7) is 6.67. The Balaban J connectivity index is 1.60. The third kappa shape index (κ3) is 9.64. The molecule has 46 heavy (non-hydrogen) atoms. The maximum atomic E-state index is 14.3. The van der Waals surface area contributed by atoms with E-state index in [1.54, 1.807) is 54.1 Å². The minimum Gasteiger partial charge on any atom is -0.490 e. The first kappa shape index (κ1) is 34.7. The number of hydrogen-bond acceptors (Lipinski definition) is 6. The molecule has 4 rings (SSSR count). The van der Waals surface area contributed by atoms with Gasteiger partial charge in [0.1, 0.15) is 5.75 Å². The van der Waals surface area contributed by atoms with Gasteiger partial charge in [0.05, 0.1) is 36.8 Å². The molecule has 3 amide bonds. The van der Waals surface area contributed by atoms with Crippen molar-refractivity contribution in [2.24, 2.45) is 5.92 Å². The van der Waals surface area contributed by atoms with Crippen LogP contribution in [0.3, 0.4) is 0 Å². The SMILES string of the molecule is C[C@@H]1CN([C@@H](C)CO)C(=O)c2cc(NC(=O)Cc3ccccc3)ccc2O[C@@H](C)CCCCO[C@H]1CN(C)C(=O)c1ccccc1. The Hall–Kier alpha value is -4.21. The Morgan fingerprint density at radius 1 is 1.02 bits per heavy atom. The van der Waals surface area contributed by atoms with Gasteiger partial charge in [-0.3, -0.25) is 14.4 Å². The van der Waals surface area contributed by atoms with E-state index >= 15 is 0 Å². The fraction of sp³-hybridized carbons (Fsp3) is 0.432. The normalized spacial score (nSPS) is 20.1. The zero-order valence-corrected chi connectivity index (χ0v) is 27.4. The van der Waals surface area contributed by atoms with Gasteiger partial charge < -0.3 is 29.7 Å². The molecule has 9 heteroatoms. The number of likely N-dealkylation sites (N-methyl/N-ethyl adjacent to an activating group) is 1. The van der Waals surface area contributed by atoms with Gasteiger partial charge in [0.15, 0.2) is 0 Å². The molecule has 9 nitrogen and oxygen atoms in total. The van der Waals surface area contributed by atoms with Crippen molar-refractivity contribution in [3.63, 3.8) is 0 Å². The summed E-state index contributed by atoms with van der Waals surface area (Å²) >= 11 is 0. The fourth-order valence-corrected chi connectivity index (χ4v) is 5.60. The lowest BCUT2D eigenvalue weighted by Gasteiger charge is -2.36. The van der Waals surface area contributed by atoms with Crippen LogP contribution in [0.5, 0.6) is 5.75 Å². The molecule has 0 aromatic heterocycles. The number of anilines is 1. The summed E-state index contributed by atoms with van der Waals surface area (Å²) in [4.78, 5) is 43.7. The van der Waals surface area contributed by atoms with Gasteiger partial charge in [-0.05, 0) is 69.0 Å². The van der Waals surface area contributed by atoms with Crippen molar-refractivity contribution >= 4 is 23.4 Å². The first-order valence-electron chi connectivity index (χ1n) is 16.1. The maximum absolute atomic E-state index is 14.3. The first-order valence-corrected chi connectivity index (χ1v) is 16.1. The Morgan fingerprint density at radius 3 is 2.41 bits per heavy atom. The molecule has 0 saturated heterocycles. The zero-order chi connectivity index (χ0) is 33.1. The van der Waals surface area contributed by atoms with Crippen molar-refractivity contribution in [1.29, 1.82) is 0 Å². The topological polar surface area (TPSA) is 108 Å². The summed E-state index contributed by atoms with van der Waals surface area (Å²) in [5.41, 5.74) is 2.28. The molecule has 0 bridgehead atoms. The monoisotopic (exact) mass is 629 g/mol. The van der Waals surface area contributed by atoms with Crippen LogP contribution in [-0.4, -0.2) is 84.2 Å². The molecule has 3 aromatic carbocycles. The van der Waals surface area contributed by atoms with Crippen LogP contribution < -0.4 is 10.1 Å². The third-order valence-electron chi connectivity index (χ3n) is 8.36. The second-order valence-electron chi connectivity index (χ2n) is 12.3. The molecule has 0 unspecified atom stereocenters. The number of aliphatic hydroxyl groups excluding tert-OH is 1. The van der Waals surface area contributed by atoms with Gasteiger partial charge in [0.2, 0.25) is 5.91 Å². The van der Waals surface area contributed by atoms with Crippen LogP contribution in [0.2, 0.25) is 0 Å². The minimum atomic E-state index is -0.506. The molecule has 4 atom stereocenters. The van der Waals surface area contributed by atoms with Gasteiger partial charge in [-0.15, -0.1) is 0 Å². The van der Waals surface area contributed by atoms with E-state index in [0.29, 0.717) is 35.7 Å². The average molecular weight is 630 g/mol. The van der Waals surface area contributed by atoms with Gasteiger partial charge in [0.25, 0.3) is 11.8 Å². The Kier molecular flexibility index (Phi) is 12.7. The maximum Gasteiger partial charge on any atom is 0.258 e. The third-order valence-corrected chi connectivity index (χ3v) is 8.36. The largest absolute Gasteiger partial charge is 0.490 e. The van der Waals surface area contributed by atoms with E-state index in [0.717, 1.165) is 24.8 Å². The highest BCUT2D eigenvalue weighted by atomic mass is 16.5. The lowest BCUT2D eigenvalue weighted by Crippen LogP contribution is -2.48. The van der Waals surface area contributed by atoms with Crippen LogP contribution in [0.25, 0.3) is 0 Å². The molecule has 1 heterocycles. The Labute approximate surface area is 272 Å². The summed E-state index contributed by atoms with van der Waals surface area (Å²) in [5.74, 6) is -0.367. The van der Waals surface area contributed by atoms with Gasteiger partial charge >= 0.3 is 0 Å². The number of amides is 3. The number of aliphatic hydroxyl groups is 1. The van der Waals surface area contributed by atoms with E-state index in [4.69, 9.17) is 9.47 Å². The second-order valence-corrected chi connectivity index (χ2v) is 12.3. The standard InChI is InChI=1S/C37H47N3O6/c1-26-23-40(27(2)25-41)37(44)32-22-31(38-35(42)21-29-14-7-5-8-15-29)18-19-33(32)46-28(3)13-11-12-20-45-34(26)24-39(4)36(43)30-16-9-6-10-17-30/h5-10,14-19,22,26-28,34,41H,11-13,20-21,23-25H2,1-4H3,(H,38,42)/t26-,27+,28+,34+/m1/s1. The van der Waals surface area contributed by atoms with E-state index in [-0.39, 0.29) is 55.4 Å². The number of nitrogens with one attached hydrogen (secondary N) is 1. The van der Waals surface area contributed by atoms with Crippen LogP contribution in [0.4, 0.5) is 5.69 Å². The molecule has 1 aliphatic rings. The number of ether oxygens (including phenoxy) is 2. The fourth-order valence-electron chi connectivity index (χ4n) is 5.60. The summed E-state index contributed by atoms with van der Waals surface area (Å²) in [5, 5.41) is 13.1. The molecule has 0 saturated carbocycles. The van der Waals surface area contributed by atoms with Crippen LogP contribution in [-0.2, 0) is 16.0 Å². The molecule has 0 radical (unpaired) electrons. The van der Waals surface area contributed by atoms with Crippen LogP contribution in [0.15, 0.2) is 78.9 Å². The summed E-state index contributed by atoms with van der Waals surface area (Å²) < 4.78 is 12.7. The minimum absolute atomic E-state index is 0.103. The molecule has 0 aliphatic carbocycles. The molecule has 246 valence electrons. The van der Waals surface area contributed by atoms with Crippen molar-refractivity contribution in [1.82, 2.24) is 9.80 Å². The number of carbonyl (C=O) groups is 3. The number of benzene rings is 3. The van der Waals surface area contributed by atoms with E-state index in [9.17, 15) is 19.5 Å². The van der Waals surface area contributed by atoms with E-state index in [1.165, 1.54) is 0 Å². The number of hydrogen-bond donors (Lipinski definition) is 2. The van der Waals surface area contributed by atoms with E-state index in [1.807, 2.05) is 62.4 Å². The lowest BCUT2D eigenvalue weighted by molar-refractivity contribution is -0.115. The van der Waals surface area contributed by atoms with Crippen molar-refractivity contribution in [3.05, 3.63) is 95.6 Å². The molecule has 3 aromatic rings. The van der Waals surface area contributed by atoms with Crippen molar-refractivity contribution in [3.8, 4) is 5.75 Å². The highest BCUT2D eigenvalue weighted by Gasteiger charge is 2.31. The molecule has 0 fully saturated rings. The zero-order valence-electron chi connectivity index (χ0n) is 27.4. The summed E-state index contributed by atoms with van der Waals surface area (Å²) in [6, 6.07) is 23.2. The van der Waals surface area contributed by atoms with Gasteiger partial charge in [-0.2, -0.15) is 0 Å². The van der Waals surface area contributed by atoms with E-state index < -0.39 is 6.04 Å². The van der Waals surface area contributed by atoms with Crippen molar-refractivity contribution < 1.29 is 29.0 Å². The average Bonchev–Trinajstić information content (AvgIpc) is 3.06. The first-order chi connectivity index (χ1) is 22.2. The van der Waals surface area contributed by atoms with Gasteiger partial charge in [-0.1, -0.05) is 55.5 Å². The number of rotatable bonds is 8.